The standard InChI is InChI=1S/C12H20N4O2/c1-8(2)4-10(6-13)15-12-5-9(3)11(7-14-12)16(17)18/h5,7-8,10H,4,6,13H2,1-3H3,(H,14,15). The van der Waals surface area contributed by atoms with Crippen molar-refractivity contribution >= 4 is 11.5 Å². The number of pyridine rings is 1. The van der Waals surface area contributed by atoms with Crippen LogP contribution in [0.3, 0.4) is 0 Å². The van der Waals surface area contributed by atoms with E-state index in [1.807, 2.05) is 0 Å². The maximum atomic E-state index is 10.7. The number of rotatable bonds is 6. The minimum atomic E-state index is -0.430. The number of nitrogens with two attached hydrogens (primary N) is 1. The molecule has 0 fully saturated rings. The second kappa shape index (κ2) is 6.30. The van der Waals surface area contributed by atoms with Crippen LogP contribution in [0.2, 0.25) is 0 Å². The number of nitrogens with zero attached hydrogens (tertiary/aromatic N) is 2. The second-order valence-corrected chi connectivity index (χ2v) is 4.82. The number of anilines is 1. The Kier molecular flexibility index (Phi) is 5.03. The molecule has 0 aliphatic carbocycles. The summed E-state index contributed by atoms with van der Waals surface area (Å²) in [4.78, 5) is 14.3. The van der Waals surface area contributed by atoms with Crippen LogP contribution in [0.5, 0.6) is 0 Å². The fraction of sp³-hybridized carbons (Fsp3) is 0.583. The highest BCUT2D eigenvalue weighted by Crippen LogP contribution is 2.19. The topological polar surface area (TPSA) is 94.1 Å². The SMILES string of the molecule is Cc1cc(NC(CN)CC(C)C)ncc1[N+](=O)[O-]. The van der Waals surface area contributed by atoms with Crippen molar-refractivity contribution in [1.29, 1.82) is 0 Å². The predicted molar refractivity (Wildman–Crippen MR) is 71.5 cm³/mol. The first-order valence-electron chi connectivity index (χ1n) is 6.01. The van der Waals surface area contributed by atoms with E-state index in [9.17, 15) is 10.1 Å². The summed E-state index contributed by atoms with van der Waals surface area (Å²) in [6.45, 7) is 6.46. The van der Waals surface area contributed by atoms with Crippen LogP contribution in [-0.2, 0) is 0 Å². The van der Waals surface area contributed by atoms with Gasteiger partial charge in [-0.1, -0.05) is 13.8 Å². The fourth-order valence-electron chi connectivity index (χ4n) is 1.81. The Bertz CT molecular complexity index is 421. The highest BCUT2D eigenvalue weighted by Gasteiger charge is 2.14. The number of aromatic nitrogens is 1. The molecule has 0 bridgehead atoms. The van der Waals surface area contributed by atoms with Gasteiger partial charge < -0.3 is 11.1 Å². The maximum absolute atomic E-state index is 10.7. The lowest BCUT2D eigenvalue weighted by molar-refractivity contribution is -0.385. The molecular weight excluding hydrogens is 232 g/mol. The first-order valence-corrected chi connectivity index (χ1v) is 6.01. The molecule has 0 aliphatic heterocycles. The summed E-state index contributed by atoms with van der Waals surface area (Å²) in [5.74, 6) is 1.17. The molecule has 1 rings (SSSR count). The molecule has 3 N–H and O–H groups in total. The van der Waals surface area contributed by atoms with E-state index in [1.54, 1.807) is 13.0 Å². The molecule has 1 unspecified atom stereocenters. The molecule has 1 aromatic heterocycles. The van der Waals surface area contributed by atoms with Crippen LogP contribution in [0, 0.1) is 23.0 Å². The predicted octanol–water partition coefficient (Wildman–Crippen LogP) is 2.08. The quantitative estimate of drug-likeness (QED) is 0.597. The molecule has 0 aromatic carbocycles. The van der Waals surface area contributed by atoms with Crippen molar-refractivity contribution in [1.82, 2.24) is 4.98 Å². The zero-order valence-electron chi connectivity index (χ0n) is 11.0. The van der Waals surface area contributed by atoms with E-state index in [2.05, 4.69) is 24.1 Å². The summed E-state index contributed by atoms with van der Waals surface area (Å²) in [5, 5.41) is 13.9. The number of nitro groups is 1. The summed E-state index contributed by atoms with van der Waals surface area (Å²) in [6.07, 6.45) is 2.22. The highest BCUT2D eigenvalue weighted by atomic mass is 16.6. The monoisotopic (exact) mass is 252 g/mol. The maximum Gasteiger partial charge on any atom is 0.290 e. The molecule has 0 saturated heterocycles. The first kappa shape index (κ1) is 14.4. The molecule has 6 nitrogen and oxygen atoms in total. The van der Waals surface area contributed by atoms with E-state index in [0.29, 0.717) is 23.8 Å². The fourth-order valence-corrected chi connectivity index (χ4v) is 1.81. The average Bonchev–Trinajstić information content (AvgIpc) is 2.27. The van der Waals surface area contributed by atoms with Gasteiger partial charge in [-0.15, -0.1) is 0 Å². The molecule has 0 amide bonds. The van der Waals surface area contributed by atoms with Crippen molar-refractivity contribution in [3.63, 3.8) is 0 Å². The smallest absolute Gasteiger partial charge is 0.290 e. The van der Waals surface area contributed by atoms with Crippen LogP contribution >= 0.6 is 0 Å². The van der Waals surface area contributed by atoms with Crippen LogP contribution in [-0.4, -0.2) is 22.5 Å². The van der Waals surface area contributed by atoms with Gasteiger partial charge in [-0.05, 0) is 25.3 Å². The Hall–Kier alpha value is -1.69. The molecule has 0 spiro atoms. The summed E-state index contributed by atoms with van der Waals surface area (Å²) in [6, 6.07) is 1.82. The lowest BCUT2D eigenvalue weighted by Crippen LogP contribution is -2.30. The second-order valence-electron chi connectivity index (χ2n) is 4.82. The Labute approximate surface area is 107 Å². The van der Waals surface area contributed by atoms with Crippen LogP contribution in [0.4, 0.5) is 11.5 Å². The number of nitrogens with one attached hydrogen (secondary N) is 1. The van der Waals surface area contributed by atoms with Gasteiger partial charge in [0.05, 0.1) is 4.92 Å². The highest BCUT2D eigenvalue weighted by molar-refractivity contribution is 5.47. The number of aryl methyl sites for hydroxylation is 1. The van der Waals surface area contributed by atoms with Gasteiger partial charge in [0.1, 0.15) is 12.0 Å². The van der Waals surface area contributed by atoms with Gasteiger partial charge in [-0.3, -0.25) is 10.1 Å². The molecule has 100 valence electrons. The van der Waals surface area contributed by atoms with Gasteiger partial charge in [0, 0.05) is 18.2 Å². The molecular formula is C12H20N4O2. The molecule has 0 saturated carbocycles. The Morgan fingerprint density at radius 1 is 1.56 bits per heavy atom. The number of hydrogen-bond acceptors (Lipinski definition) is 5. The van der Waals surface area contributed by atoms with Gasteiger partial charge in [0.15, 0.2) is 0 Å². The van der Waals surface area contributed by atoms with E-state index >= 15 is 0 Å². The van der Waals surface area contributed by atoms with Gasteiger partial charge in [0.2, 0.25) is 0 Å². The van der Waals surface area contributed by atoms with E-state index in [0.717, 1.165) is 6.42 Å². The van der Waals surface area contributed by atoms with Gasteiger partial charge in [-0.25, -0.2) is 4.98 Å². The third kappa shape index (κ3) is 3.96. The van der Waals surface area contributed by atoms with E-state index in [-0.39, 0.29) is 11.7 Å². The minimum absolute atomic E-state index is 0.0358. The van der Waals surface area contributed by atoms with E-state index in [4.69, 9.17) is 5.73 Å². The lowest BCUT2D eigenvalue weighted by atomic mass is 10.0. The molecule has 1 atom stereocenters. The largest absolute Gasteiger partial charge is 0.366 e. The van der Waals surface area contributed by atoms with Crippen LogP contribution in [0.1, 0.15) is 25.8 Å². The van der Waals surface area contributed by atoms with E-state index in [1.165, 1.54) is 6.20 Å². The Balaban J connectivity index is 2.78. The first-order chi connectivity index (χ1) is 8.43. The van der Waals surface area contributed by atoms with Crippen molar-refractivity contribution in [3.8, 4) is 0 Å². The zero-order valence-corrected chi connectivity index (χ0v) is 11.0. The third-order valence-electron chi connectivity index (χ3n) is 2.67. The molecule has 1 heterocycles. The minimum Gasteiger partial charge on any atom is -0.366 e. The van der Waals surface area contributed by atoms with Gasteiger partial charge in [0.25, 0.3) is 5.69 Å². The summed E-state index contributed by atoms with van der Waals surface area (Å²) >= 11 is 0. The van der Waals surface area contributed by atoms with Gasteiger partial charge in [-0.2, -0.15) is 0 Å². The third-order valence-corrected chi connectivity index (χ3v) is 2.67. The van der Waals surface area contributed by atoms with Gasteiger partial charge >= 0.3 is 0 Å². The molecule has 0 aliphatic rings. The summed E-state index contributed by atoms with van der Waals surface area (Å²) in [5.41, 5.74) is 6.32. The van der Waals surface area contributed by atoms with Crippen LogP contribution in [0.25, 0.3) is 0 Å². The Morgan fingerprint density at radius 2 is 2.22 bits per heavy atom. The lowest BCUT2D eigenvalue weighted by Gasteiger charge is -2.19. The molecule has 0 radical (unpaired) electrons. The molecule has 1 aromatic rings. The van der Waals surface area contributed by atoms with Crippen molar-refractivity contribution in [2.75, 3.05) is 11.9 Å². The molecule has 18 heavy (non-hydrogen) atoms. The van der Waals surface area contributed by atoms with Crippen molar-refractivity contribution in [2.24, 2.45) is 11.7 Å². The normalized spacial score (nSPS) is 12.5. The Morgan fingerprint density at radius 3 is 2.67 bits per heavy atom. The number of hydrogen-bond donors (Lipinski definition) is 2. The van der Waals surface area contributed by atoms with E-state index < -0.39 is 4.92 Å². The summed E-state index contributed by atoms with van der Waals surface area (Å²) in [7, 11) is 0. The van der Waals surface area contributed by atoms with Crippen LogP contribution in [0.15, 0.2) is 12.3 Å². The van der Waals surface area contributed by atoms with Crippen molar-refractivity contribution in [2.45, 2.75) is 33.2 Å². The van der Waals surface area contributed by atoms with Crippen molar-refractivity contribution < 1.29 is 4.92 Å². The molecule has 6 heteroatoms. The zero-order chi connectivity index (χ0) is 13.7. The van der Waals surface area contributed by atoms with Crippen molar-refractivity contribution in [3.05, 3.63) is 27.9 Å². The van der Waals surface area contributed by atoms with Crippen LogP contribution < -0.4 is 11.1 Å². The average molecular weight is 252 g/mol. The summed E-state index contributed by atoms with van der Waals surface area (Å²) < 4.78 is 0.